The number of hydrogen-bond donors (Lipinski definition) is 1. The van der Waals surface area contributed by atoms with Crippen LogP contribution in [0.3, 0.4) is 0 Å². The lowest BCUT2D eigenvalue weighted by Crippen LogP contribution is -2.38. The molecule has 96 valence electrons. The van der Waals surface area contributed by atoms with Gasteiger partial charge in [-0.25, -0.2) is 0 Å². The van der Waals surface area contributed by atoms with Gasteiger partial charge in [0.25, 0.3) is 5.91 Å². The van der Waals surface area contributed by atoms with Gasteiger partial charge in [-0.3, -0.25) is 4.79 Å². The summed E-state index contributed by atoms with van der Waals surface area (Å²) in [4.78, 5) is 12.8. The first kappa shape index (κ1) is 15.0. The highest BCUT2D eigenvalue weighted by Gasteiger charge is 2.18. The van der Waals surface area contributed by atoms with Gasteiger partial charge < -0.3 is 5.32 Å². The number of thiophene rings is 1. The summed E-state index contributed by atoms with van der Waals surface area (Å²) in [6.07, 6.45) is 0.802. The lowest BCUT2D eigenvalue weighted by atomic mass is 10.0. The van der Waals surface area contributed by atoms with Crippen LogP contribution in [0.2, 0.25) is 0 Å². The molecule has 0 aliphatic carbocycles. The van der Waals surface area contributed by atoms with Gasteiger partial charge in [-0.05, 0) is 46.8 Å². The molecule has 0 spiro atoms. The highest BCUT2D eigenvalue weighted by Crippen LogP contribution is 2.27. The molecule has 0 aromatic carbocycles. The molecular formula is C12H17BrClNOS. The Hall–Kier alpha value is -0.0600. The topological polar surface area (TPSA) is 29.1 Å². The van der Waals surface area contributed by atoms with Crippen LogP contribution < -0.4 is 5.32 Å². The predicted octanol–water partition coefficient (Wildman–Crippen LogP) is 4.20. The molecule has 1 rings (SSSR count). The van der Waals surface area contributed by atoms with Gasteiger partial charge in [0.2, 0.25) is 0 Å². The third kappa shape index (κ3) is 4.27. The number of alkyl halides is 1. The fourth-order valence-electron chi connectivity index (χ4n) is 1.50. The Morgan fingerprint density at radius 2 is 2.24 bits per heavy atom. The highest BCUT2D eigenvalue weighted by molar-refractivity contribution is 9.11. The number of amides is 1. The summed E-state index contributed by atoms with van der Waals surface area (Å²) in [5.74, 6) is 0.950. The summed E-state index contributed by atoms with van der Waals surface area (Å²) in [6.45, 7) is 6.16. The minimum absolute atomic E-state index is 0.00684. The van der Waals surface area contributed by atoms with Gasteiger partial charge in [0, 0.05) is 11.9 Å². The molecule has 5 heteroatoms. The van der Waals surface area contributed by atoms with E-state index in [1.54, 1.807) is 0 Å². The Kier molecular flexibility index (Phi) is 5.97. The second-order valence-corrected chi connectivity index (χ2v) is 7.12. The monoisotopic (exact) mass is 337 g/mol. The van der Waals surface area contributed by atoms with Crippen LogP contribution in [0.1, 0.15) is 35.5 Å². The van der Waals surface area contributed by atoms with Crippen molar-refractivity contribution >= 4 is 44.8 Å². The summed E-state index contributed by atoms with van der Waals surface area (Å²) < 4.78 is 1.01. The van der Waals surface area contributed by atoms with Crippen molar-refractivity contribution in [3.63, 3.8) is 0 Å². The summed E-state index contributed by atoms with van der Waals surface area (Å²) in [6, 6.07) is 2.04. The molecule has 1 aromatic rings. The van der Waals surface area contributed by atoms with Crippen LogP contribution in [0.25, 0.3) is 0 Å². The molecule has 1 heterocycles. The number of hydrogen-bond acceptors (Lipinski definition) is 2. The maximum atomic E-state index is 12.0. The van der Waals surface area contributed by atoms with Crippen molar-refractivity contribution in [2.45, 2.75) is 33.2 Å². The SMILES string of the molecule is Cc1cc(C(=O)NC(CCCl)C(C)C)sc1Br. The number of nitrogens with one attached hydrogen (secondary N) is 1. The molecule has 0 radical (unpaired) electrons. The van der Waals surface area contributed by atoms with E-state index in [-0.39, 0.29) is 11.9 Å². The second-order valence-electron chi connectivity index (χ2n) is 4.37. The molecule has 0 saturated heterocycles. The smallest absolute Gasteiger partial charge is 0.261 e. The standard InChI is InChI=1S/C12H17BrClNOS/c1-7(2)9(4-5-14)15-12(16)10-6-8(3)11(13)17-10/h6-7,9H,4-5H2,1-3H3,(H,15,16). The zero-order valence-electron chi connectivity index (χ0n) is 10.2. The average molecular weight is 339 g/mol. The number of carbonyl (C=O) groups excluding carboxylic acids is 1. The molecule has 0 aliphatic heterocycles. The molecule has 1 N–H and O–H groups in total. The molecule has 1 aromatic heterocycles. The van der Waals surface area contributed by atoms with Crippen LogP contribution in [0, 0.1) is 12.8 Å². The van der Waals surface area contributed by atoms with E-state index in [4.69, 9.17) is 11.6 Å². The van der Waals surface area contributed by atoms with E-state index in [1.165, 1.54) is 11.3 Å². The molecular weight excluding hydrogens is 322 g/mol. The Morgan fingerprint density at radius 1 is 1.59 bits per heavy atom. The zero-order chi connectivity index (χ0) is 13.0. The fraction of sp³-hybridized carbons (Fsp3) is 0.583. The zero-order valence-corrected chi connectivity index (χ0v) is 13.4. The van der Waals surface area contributed by atoms with E-state index < -0.39 is 0 Å². The molecule has 0 fully saturated rings. The Morgan fingerprint density at radius 3 is 2.65 bits per heavy atom. The average Bonchev–Trinajstić information content (AvgIpc) is 2.58. The van der Waals surface area contributed by atoms with Crippen molar-refractivity contribution in [2.75, 3.05) is 5.88 Å². The summed E-state index contributed by atoms with van der Waals surface area (Å²) >= 11 is 10.6. The number of carbonyl (C=O) groups is 1. The van der Waals surface area contributed by atoms with Crippen molar-refractivity contribution in [1.29, 1.82) is 0 Å². The van der Waals surface area contributed by atoms with Crippen molar-refractivity contribution in [2.24, 2.45) is 5.92 Å². The minimum atomic E-state index is -0.00684. The molecule has 17 heavy (non-hydrogen) atoms. The minimum Gasteiger partial charge on any atom is -0.348 e. The lowest BCUT2D eigenvalue weighted by Gasteiger charge is -2.20. The predicted molar refractivity (Wildman–Crippen MR) is 78.2 cm³/mol. The first-order chi connectivity index (χ1) is 7.95. The highest BCUT2D eigenvalue weighted by atomic mass is 79.9. The van der Waals surface area contributed by atoms with Crippen molar-refractivity contribution < 1.29 is 4.79 Å². The van der Waals surface area contributed by atoms with E-state index in [1.807, 2.05) is 13.0 Å². The first-order valence-electron chi connectivity index (χ1n) is 5.58. The maximum Gasteiger partial charge on any atom is 0.261 e. The molecule has 2 nitrogen and oxygen atoms in total. The summed E-state index contributed by atoms with van der Waals surface area (Å²) in [7, 11) is 0. The number of aryl methyl sites for hydroxylation is 1. The lowest BCUT2D eigenvalue weighted by molar-refractivity contribution is 0.0929. The van der Waals surface area contributed by atoms with Gasteiger partial charge in [-0.15, -0.1) is 22.9 Å². The largest absolute Gasteiger partial charge is 0.348 e. The fourth-order valence-corrected chi connectivity index (χ4v) is 3.17. The maximum absolute atomic E-state index is 12.0. The van der Waals surface area contributed by atoms with Crippen molar-refractivity contribution in [1.82, 2.24) is 5.32 Å². The van der Waals surface area contributed by atoms with E-state index in [0.29, 0.717) is 11.8 Å². The quantitative estimate of drug-likeness (QED) is 0.801. The third-order valence-electron chi connectivity index (χ3n) is 2.62. The summed E-state index contributed by atoms with van der Waals surface area (Å²) in [5.41, 5.74) is 1.10. The molecule has 0 saturated carbocycles. The van der Waals surface area contributed by atoms with Gasteiger partial charge in [0.1, 0.15) is 0 Å². The molecule has 1 unspecified atom stereocenters. The van der Waals surface area contributed by atoms with Crippen LogP contribution in [-0.2, 0) is 0 Å². The van der Waals surface area contributed by atoms with Gasteiger partial charge in [0.05, 0.1) is 8.66 Å². The van der Waals surface area contributed by atoms with Crippen LogP contribution in [0.15, 0.2) is 9.85 Å². The van der Waals surface area contributed by atoms with E-state index in [2.05, 4.69) is 35.1 Å². The second kappa shape index (κ2) is 6.76. The van der Waals surface area contributed by atoms with Crippen molar-refractivity contribution in [3.05, 3.63) is 20.3 Å². The Labute approximate surface area is 120 Å². The summed E-state index contributed by atoms with van der Waals surface area (Å²) in [5, 5.41) is 3.04. The molecule has 1 atom stereocenters. The van der Waals surface area contributed by atoms with E-state index in [9.17, 15) is 4.79 Å². The Bertz CT molecular complexity index is 372. The van der Waals surface area contributed by atoms with E-state index >= 15 is 0 Å². The number of halogens is 2. The van der Waals surface area contributed by atoms with Gasteiger partial charge in [0.15, 0.2) is 0 Å². The first-order valence-corrected chi connectivity index (χ1v) is 7.72. The van der Waals surface area contributed by atoms with Gasteiger partial charge >= 0.3 is 0 Å². The molecule has 0 bridgehead atoms. The number of rotatable bonds is 5. The van der Waals surface area contributed by atoms with E-state index in [0.717, 1.165) is 20.6 Å². The molecule has 0 aliphatic rings. The van der Waals surface area contributed by atoms with Crippen LogP contribution in [0.5, 0.6) is 0 Å². The molecule has 1 amide bonds. The van der Waals surface area contributed by atoms with Crippen LogP contribution in [0.4, 0.5) is 0 Å². The Balaban J connectivity index is 2.70. The normalized spacial score (nSPS) is 12.8. The van der Waals surface area contributed by atoms with Crippen molar-refractivity contribution in [3.8, 4) is 0 Å². The van der Waals surface area contributed by atoms with Crippen LogP contribution in [-0.4, -0.2) is 17.8 Å². The van der Waals surface area contributed by atoms with Gasteiger partial charge in [-0.1, -0.05) is 13.8 Å². The van der Waals surface area contributed by atoms with Gasteiger partial charge in [-0.2, -0.15) is 0 Å². The van der Waals surface area contributed by atoms with Crippen LogP contribution >= 0.6 is 38.9 Å². The third-order valence-corrected chi connectivity index (χ3v) is 4.98.